The van der Waals surface area contributed by atoms with Crippen molar-refractivity contribution in [1.82, 2.24) is 19.9 Å². The molecule has 8 bridgehead atoms. The standard InChI is InChI=1S/C34H36N4O5/c1-7-20-16(3)24-13-26-18(5)22(10-9-11-39)32(37-26)23(12-30(40)41)33-31(34(42)43)19(6)27(38-33)15-29-21(8-2)17(4)25(36-29)14-28(20)35-24/h7,11,13-15,18,22,36,38H,1,8-10,12H2,2-6H3,(H,40,41)(H,42,43)/t18-,22?/m0/s1. The van der Waals surface area contributed by atoms with Crippen LogP contribution in [0.5, 0.6) is 0 Å². The van der Waals surface area contributed by atoms with E-state index in [1.165, 1.54) is 0 Å². The average molecular weight is 581 g/mol. The zero-order chi connectivity index (χ0) is 31.2. The maximum absolute atomic E-state index is 12.7. The van der Waals surface area contributed by atoms with E-state index in [2.05, 4.69) is 23.5 Å². The summed E-state index contributed by atoms with van der Waals surface area (Å²) in [5, 5.41) is 20.4. The fourth-order valence-corrected chi connectivity index (χ4v) is 6.50. The maximum Gasteiger partial charge on any atom is 0.338 e. The van der Waals surface area contributed by atoms with Crippen molar-refractivity contribution in [2.24, 2.45) is 0 Å². The Kier molecular flexibility index (Phi) is 7.92. The third-order valence-corrected chi connectivity index (χ3v) is 8.88. The lowest BCUT2D eigenvalue weighted by Gasteiger charge is -2.16. The number of fused-ring (bicyclic) bond motifs is 8. The number of aromatic carboxylic acids is 1. The smallest absolute Gasteiger partial charge is 0.338 e. The molecule has 0 amide bonds. The van der Waals surface area contributed by atoms with Gasteiger partial charge >= 0.3 is 11.9 Å². The van der Waals surface area contributed by atoms with E-state index >= 15 is 0 Å². The summed E-state index contributed by atoms with van der Waals surface area (Å²) in [7, 11) is 0. The molecule has 5 rings (SSSR count). The van der Waals surface area contributed by atoms with E-state index < -0.39 is 18.4 Å². The largest absolute Gasteiger partial charge is 0.481 e. The lowest BCUT2D eigenvalue weighted by atomic mass is 9.85. The van der Waals surface area contributed by atoms with Gasteiger partial charge in [0.15, 0.2) is 0 Å². The number of carboxylic acid groups (broad SMARTS) is 2. The second-order valence-electron chi connectivity index (χ2n) is 11.3. The van der Waals surface area contributed by atoms with E-state index in [0.29, 0.717) is 34.5 Å². The molecule has 2 aliphatic rings. The Morgan fingerprint density at radius 2 is 1.70 bits per heavy atom. The van der Waals surface area contributed by atoms with Gasteiger partial charge in [0.05, 0.1) is 34.6 Å². The van der Waals surface area contributed by atoms with Gasteiger partial charge < -0.3 is 25.0 Å². The van der Waals surface area contributed by atoms with Crippen LogP contribution in [0.15, 0.2) is 30.9 Å². The first kappa shape index (κ1) is 29.7. The highest BCUT2D eigenvalue weighted by molar-refractivity contribution is 6.02. The van der Waals surface area contributed by atoms with E-state index in [9.17, 15) is 24.6 Å². The number of nitrogens with one attached hydrogen (secondary N) is 2. The molecule has 0 saturated carbocycles. The Morgan fingerprint density at radius 1 is 0.977 bits per heavy atom. The first-order chi connectivity index (χ1) is 20.5. The van der Waals surface area contributed by atoms with Crippen molar-refractivity contribution in [3.8, 4) is 0 Å². The summed E-state index contributed by atoms with van der Waals surface area (Å²) in [4.78, 5) is 53.1. The van der Waals surface area contributed by atoms with Crippen molar-refractivity contribution < 1.29 is 24.6 Å². The minimum Gasteiger partial charge on any atom is -0.481 e. The molecule has 5 heterocycles. The van der Waals surface area contributed by atoms with E-state index in [-0.39, 0.29) is 29.3 Å². The monoisotopic (exact) mass is 580 g/mol. The quantitative estimate of drug-likeness (QED) is 0.214. The van der Waals surface area contributed by atoms with Crippen molar-refractivity contribution >= 4 is 51.4 Å². The predicted octanol–water partition coefficient (Wildman–Crippen LogP) is 6.80. The molecule has 3 aromatic rings. The lowest BCUT2D eigenvalue weighted by Crippen LogP contribution is -2.10. The van der Waals surface area contributed by atoms with Crippen LogP contribution in [0.1, 0.15) is 101 Å². The highest BCUT2D eigenvalue weighted by Crippen LogP contribution is 2.43. The zero-order valence-electron chi connectivity index (χ0n) is 25.1. The first-order valence-electron chi connectivity index (χ1n) is 14.5. The molecule has 0 fully saturated rings. The topological polar surface area (TPSA) is 149 Å². The summed E-state index contributed by atoms with van der Waals surface area (Å²) in [5.74, 6) is -2.73. The normalized spacial score (nSPS) is 16.4. The van der Waals surface area contributed by atoms with Gasteiger partial charge in [0.2, 0.25) is 0 Å². The number of H-pyrrole nitrogens is 2. The average Bonchev–Trinajstić information content (AvgIpc) is 3.63. The third kappa shape index (κ3) is 5.09. The number of aromatic nitrogens is 4. The summed E-state index contributed by atoms with van der Waals surface area (Å²) in [6.45, 7) is 13.8. The number of carboxylic acids is 2. The first-order valence-corrected chi connectivity index (χ1v) is 14.5. The van der Waals surface area contributed by atoms with Crippen molar-refractivity contribution in [3.05, 3.63) is 81.4 Å². The third-order valence-electron chi connectivity index (χ3n) is 8.88. The molecule has 0 spiro atoms. The number of hydrogen-bond donors (Lipinski definition) is 4. The molecule has 2 atom stereocenters. The molecule has 0 saturated heterocycles. The molecule has 9 nitrogen and oxygen atoms in total. The van der Waals surface area contributed by atoms with Gasteiger partial charge in [0.25, 0.3) is 0 Å². The van der Waals surface area contributed by atoms with E-state index in [0.717, 1.165) is 57.4 Å². The molecule has 1 unspecified atom stereocenters. The molecular weight excluding hydrogens is 544 g/mol. The van der Waals surface area contributed by atoms with Crippen LogP contribution in [0, 0.1) is 13.8 Å². The number of carbonyl (C=O) groups is 3. The molecular formula is C34H36N4O5. The number of hydrogen-bond acceptors (Lipinski definition) is 5. The number of aliphatic carboxylic acids is 1. The number of allylic oxidation sites excluding steroid dienone is 3. The van der Waals surface area contributed by atoms with Gasteiger partial charge in [-0.3, -0.25) is 9.78 Å². The summed E-state index contributed by atoms with van der Waals surface area (Å²) < 4.78 is 0. The van der Waals surface area contributed by atoms with Crippen LogP contribution in [0.4, 0.5) is 0 Å². The van der Waals surface area contributed by atoms with Gasteiger partial charge in [0, 0.05) is 51.6 Å². The Hall–Kier alpha value is -4.79. The molecule has 0 aromatic carbocycles. The van der Waals surface area contributed by atoms with Crippen LogP contribution in [0.3, 0.4) is 0 Å². The lowest BCUT2D eigenvalue weighted by molar-refractivity contribution is -0.136. The van der Waals surface area contributed by atoms with Gasteiger partial charge in [0.1, 0.15) is 6.29 Å². The SMILES string of the molecule is C=CC1=C(C)c2cc3nc(c(CC(=O)O)c4[nH]c(cc5[nH]c(cc1n2)c(C)c5CC)c(C)c4C(=O)O)C(CCC=O)[C@@H]3C. The number of rotatable bonds is 8. The minimum absolute atomic E-state index is 0.00948. The fourth-order valence-electron chi connectivity index (χ4n) is 6.50. The number of aldehydes is 1. The second kappa shape index (κ2) is 11.5. The molecule has 3 aromatic heterocycles. The summed E-state index contributed by atoms with van der Waals surface area (Å²) in [5.41, 5.74) is 9.97. The summed E-state index contributed by atoms with van der Waals surface area (Å²) >= 11 is 0. The number of aryl methyl sites for hydroxylation is 3. The van der Waals surface area contributed by atoms with Gasteiger partial charge in [-0.2, -0.15) is 0 Å². The van der Waals surface area contributed by atoms with Crippen LogP contribution < -0.4 is 0 Å². The van der Waals surface area contributed by atoms with Crippen molar-refractivity contribution in [2.75, 3.05) is 0 Å². The molecule has 0 aliphatic carbocycles. The molecule has 4 N–H and O–H groups in total. The van der Waals surface area contributed by atoms with Crippen molar-refractivity contribution in [2.45, 2.75) is 72.1 Å². The molecule has 2 aliphatic heterocycles. The minimum atomic E-state index is -1.16. The molecule has 9 heteroatoms. The van der Waals surface area contributed by atoms with E-state index in [1.54, 1.807) is 13.0 Å². The number of carbonyl (C=O) groups excluding carboxylic acids is 1. The van der Waals surface area contributed by atoms with E-state index in [4.69, 9.17) is 9.97 Å². The summed E-state index contributed by atoms with van der Waals surface area (Å²) in [6.07, 6.45) is 3.65. The highest BCUT2D eigenvalue weighted by Gasteiger charge is 2.33. The molecule has 222 valence electrons. The second-order valence-corrected chi connectivity index (χ2v) is 11.3. The number of nitrogens with zero attached hydrogens (tertiary/aromatic N) is 2. The molecule has 43 heavy (non-hydrogen) atoms. The Balaban J connectivity index is 2.06. The Bertz CT molecular complexity index is 1890. The number of aromatic amines is 2. The van der Waals surface area contributed by atoms with Gasteiger partial charge in [-0.05, 0) is 74.1 Å². The van der Waals surface area contributed by atoms with Crippen LogP contribution in [0.25, 0.3) is 33.2 Å². The van der Waals surface area contributed by atoms with Crippen molar-refractivity contribution in [3.63, 3.8) is 0 Å². The van der Waals surface area contributed by atoms with E-state index in [1.807, 2.05) is 39.0 Å². The van der Waals surface area contributed by atoms with Crippen LogP contribution in [-0.4, -0.2) is 48.4 Å². The Labute approximate surface area is 249 Å². The van der Waals surface area contributed by atoms with Crippen LogP contribution in [0.2, 0.25) is 0 Å². The highest BCUT2D eigenvalue weighted by atomic mass is 16.4. The van der Waals surface area contributed by atoms with Gasteiger partial charge in [-0.1, -0.05) is 26.5 Å². The van der Waals surface area contributed by atoms with Crippen molar-refractivity contribution in [1.29, 1.82) is 0 Å². The fraction of sp³-hybridized carbons (Fsp3) is 0.324. The predicted molar refractivity (Wildman–Crippen MR) is 167 cm³/mol. The van der Waals surface area contributed by atoms with Crippen LogP contribution in [-0.2, 0) is 22.4 Å². The Morgan fingerprint density at radius 3 is 2.33 bits per heavy atom. The van der Waals surface area contributed by atoms with Gasteiger partial charge in [-0.25, -0.2) is 9.78 Å². The van der Waals surface area contributed by atoms with Crippen LogP contribution >= 0.6 is 0 Å². The molecule has 0 radical (unpaired) electrons. The summed E-state index contributed by atoms with van der Waals surface area (Å²) in [6, 6.07) is 5.81. The zero-order valence-corrected chi connectivity index (χ0v) is 25.1. The van der Waals surface area contributed by atoms with Gasteiger partial charge in [-0.15, -0.1) is 0 Å². The maximum atomic E-state index is 12.7.